The van der Waals surface area contributed by atoms with Crippen molar-refractivity contribution in [1.29, 1.82) is 0 Å². The predicted molar refractivity (Wildman–Crippen MR) is 88.1 cm³/mol. The van der Waals surface area contributed by atoms with Gasteiger partial charge in [-0.15, -0.1) is 0 Å². The van der Waals surface area contributed by atoms with Crippen LogP contribution in [0.1, 0.15) is 6.92 Å². The third kappa shape index (κ3) is 2.44. The number of fused-ring (bicyclic) bond motifs is 1. The van der Waals surface area contributed by atoms with Crippen molar-refractivity contribution < 1.29 is 4.74 Å². The molecule has 4 rings (SSSR count). The van der Waals surface area contributed by atoms with Crippen LogP contribution in [-0.2, 0) is 0 Å². The number of aromatic amines is 2. The van der Waals surface area contributed by atoms with E-state index in [-0.39, 0.29) is 0 Å². The normalized spacial score (nSPS) is 11.0. The topological polar surface area (TPSA) is 79.5 Å². The average molecular weight is 305 g/mol. The Labute approximate surface area is 132 Å². The fraction of sp³-hybridized carbons (Fsp3) is 0.118. The lowest BCUT2D eigenvalue weighted by Crippen LogP contribution is -1.90. The first-order valence-corrected chi connectivity index (χ1v) is 7.42. The molecule has 0 unspecified atom stereocenters. The summed E-state index contributed by atoms with van der Waals surface area (Å²) >= 11 is 0. The highest BCUT2D eigenvalue weighted by atomic mass is 16.5. The molecular formula is C17H15N5O. The number of nitrogens with zero attached hydrogens (tertiary/aromatic N) is 3. The molecule has 0 radical (unpaired) electrons. The minimum Gasteiger partial charge on any atom is -0.494 e. The molecule has 6 nitrogen and oxygen atoms in total. The Kier molecular flexibility index (Phi) is 3.27. The molecule has 6 heteroatoms. The van der Waals surface area contributed by atoms with Gasteiger partial charge in [-0.25, -0.2) is 4.98 Å². The smallest absolute Gasteiger partial charge is 0.155 e. The van der Waals surface area contributed by atoms with Crippen LogP contribution in [0.15, 0.2) is 48.8 Å². The number of nitrogens with one attached hydrogen (secondary N) is 2. The van der Waals surface area contributed by atoms with Gasteiger partial charge in [0.05, 0.1) is 17.8 Å². The van der Waals surface area contributed by atoms with Gasteiger partial charge in [0.2, 0.25) is 0 Å². The standard InChI is InChI=1S/C17H15N5O/c1-2-23-13-6-3-11(4-7-13)16-14-9-12(17-18-10-19-22-17)5-8-15(14)20-21-16/h3-10H,2H2,1H3,(H,20,21)(H,18,19,22). The van der Waals surface area contributed by atoms with Crippen LogP contribution in [0.25, 0.3) is 33.5 Å². The van der Waals surface area contributed by atoms with Gasteiger partial charge in [0.1, 0.15) is 12.1 Å². The molecule has 0 fully saturated rings. The minimum absolute atomic E-state index is 0.658. The Bertz CT molecular complexity index is 925. The molecule has 23 heavy (non-hydrogen) atoms. The summed E-state index contributed by atoms with van der Waals surface area (Å²) in [5.74, 6) is 1.60. The molecule has 0 bridgehead atoms. The largest absolute Gasteiger partial charge is 0.494 e. The maximum atomic E-state index is 5.49. The first-order chi connectivity index (χ1) is 11.3. The molecule has 2 heterocycles. The van der Waals surface area contributed by atoms with Crippen molar-refractivity contribution in [3.8, 4) is 28.4 Å². The summed E-state index contributed by atoms with van der Waals surface area (Å²) < 4.78 is 5.49. The van der Waals surface area contributed by atoms with Gasteiger partial charge in [-0.2, -0.15) is 10.2 Å². The van der Waals surface area contributed by atoms with E-state index in [0.717, 1.165) is 39.3 Å². The van der Waals surface area contributed by atoms with E-state index in [4.69, 9.17) is 4.74 Å². The molecule has 0 amide bonds. The summed E-state index contributed by atoms with van der Waals surface area (Å²) in [5.41, 5.74) is 3.90. The van der Waals surface area contributed by atoms with Crippen LogP contribution in [-0.4, -0.2) is 32.0 Å². The fourth-order valence-electron chi connectivity index (χ4n) is 2.60. The van der Waals surface area contributed by atoms with Crippen LogP contribution < -0.4 is 4.74 Å². The highest BCUT2D eigenvalue weighted by Crippen LogP contribution is 2.30. The first kappa shape index (κ1) is 13.5. The maximum absolute atomic E-state index is 5.49. The van der Waals surface area contributed by atoms with E-state index >= 15 is 0 Å². The van der Waals surface area contributed by atoms with Gasteiger partial charge in [0, 0.05) is 16.5 Å². The van der Waals surface area contributed by atoms with Crippen LogP contribution in [0.5, 0.6) is 5.75 Å². The second-order valence-corrected chi connectivity index (χ2v) is 5.12. The summed E-state index contributed by atoms with van der Waals surface area (Å²) in [6, 6.07) is 14.0. The molecule has 0 aliphatic heterocycles. The molecule has 0 saturated heterocycles. The van der Waals surface area contributed by atoms with Crippen LogP contribution in [0.4, 0.5) is 0 Å². The van der Waals surface area contributed by atoms with Gasteiger partial charge < -0.3 is 4.74 Å². The quantitative estimate of drug-likeness (QED) is 0.605. The first-order valence-electron chi connectivity index (χ1n) is 7.42. The highest BCUT2D eigenvalue weighted by molar-refractivity contribution is 5.95. The Morgan fingerprint density at radius 1 is 1.00 bits per heavy atom. The molecule has 0 saturated carbocycles. The summed E-state index contributed by atoms with van der Waals surface area (Å²) in [6.45, 7) is 2.63. The van der Waals surface area contributed by atoms with Gasteiger partial charge in [0.25, 0.3) is 0 Å². The van der Waals surface area contributed by atoms with Crippen LogP contribution >= 0.6 is 0 Å². The van der Waals surface area contributed by atoms with E-state index in [1.54, 1.807) is 0 Å². The number of hydrogen-bond acceptors (Lipinski definition) is 4. The number of H-pyrrole nitrogens is 2. The third-order valence-corrected chi connectivity index (χ3v) is 3.69. The van der Waals surface area contributed by atoms with Gasteiger partial charge in [-0.05, 0) is 49.4 Å². The van der Waals surface area contributed by atoms with Crippen molar-refractivity contribution >= 4 is 10.9 Å². The van der Waals surface area contributed by atoms with E-state index in [1.807, 2.05) is 43.3 Å². The number of hydrogen-bond donors (Lipinski definition) is 2. The Hall–Kier alpha value is -3.15. The number of rotatable bonds is 4. The fourth-order valence-corrected chi connectivity index (χ4v) is 2.60. The molecule has 0 aliphatic carbocycles. The average Bonchev–Trinajstić information content (AvgIpc) is 3.25. The number of benzene rings is 2. The molecule has 2 aromatic carbocycles. The van der Waals surface area contributed by atoms with Crippen LogP contribution in [0, 0.1) is 0 Å². The molecule has 2 N–H and O–H groups in total. The lowest BCUT2D eigenvalue weighted by Gasteiger charge is -2.04. The summed E-state index contributed by atoms with van der Waals surface area (Å²) in [7, 11) is 0. The Morgan fingerprint density at radius 3 is 2.57 bits per heavy atom. The summed E-state index contributed by atoms with van der Waals surface area (Å²) in [5, 5.41) is 15.4. The van der Waals surface area contributed by atoms with E-state index in [9.17, 15) is 0 Å². The molecule has 4 aromatic rings. The van der Waals surface area contributed by atoms with Crippen molar-refractivity contribution in [2.45, 2.75) is 6.92 Å². The zero-order valence-electron chi connectivity index (χ0n) is 12.6. The molecule has 0 spiro atoms. The molecule has 2 aromatic heterocycles. The van der Waals surface area contributed by atoms with Crippen molar-refractivity contribution in [3.05, 3.63) is 48.8 Å². The maximum Gasteiger partial charge on any atom is 0.155 e. The van der Waals surface area contributed by atoms with Crippen molar-refractivity contribution in [3.63, 3.8) is 0 Å². The molecule has 0 atom stereocenters. The van der Waals surface area contributed by atoms with Gasteiger partial charge in [-0.3, -0.25) is 10.2 Å². The SMILES string of the molecule is CCOc1ccc(-c2n[nH]c3ccc(-c4ncn[nH]4)cc23)cc1. The summed E-state index contributed by atoms with van der Waals surface area (Å²) in [6.07, 6.45) is 1.50. The second kappa shape index (κ2) is 5.57. The minimum atomic E-state index is 0.658. The van der Waals surface area contributed by atoms with E-state index < -0.39 is 0 Å². The van der Waals surface area contributed by atoms with E-state index in [1.165, 1.54) is 6.33 Å². The van der Waals surface area contributed by atoms with Crippen LogP contribution in [0.3, 0.4) is 0 Å². The lowest BCUT2D eigenvalue weighted by molar-refractivity contribution is 0.340. The lowest BCUT2D eigenvalue weighted by atomic mass is 10.1. The van der Waals surface area contributed by atoms with Gasteiger partial charge >= 0.3 is 0 Å². The Morgan fingerprint density at radius 2 is 1.83 bits per heavy atom. The predicted octanol–water partition coefficient (Wildman–Crippen LogP) is 3.41. The monoisotopic (exact) mass is 305 g/mol. The van der Waals surface area contributed by atoms with Crippen molar-refractivity contribution in [1.82, 2.24) is 25.4 Å². The number of ether oxygens (including phenoxy) is 1. The second-order valence-electron chi connectivity index (χ2n) is 5.12. The molecule has 114 valence electrons. The van der Waals surface area contributed by atoms with Crippen LogP contribution in [0.2, 0.25) is 0 Å². The third-order valence-electron chi connectivity index (χ3n) is 3.69. The van der Waals surface area contributed by atoms with E-state index in [2.05, 4.69) is 31.4 Å². The zero-order chi connectivity index (χ0) is 15.6. The highest BCUT2D eigenvalue weighted by Gasteiger charge is 2.10. The molecule has 0 aliphatic rings. The summed E-state index contributed by atoms with van der Waals surface area (Å²) in [4.78, 5) is 4.20. The zero-order valence-corrected chi connectivity index (χ0v) is 12.6. The number of aromatic nitrogens is 5. The van der Waals surface area contributed by atoms with Crippen molar-refractivity contribution in [2.24, 2.45) is 0 Å². The van der Waals surface area contributed by atoms with Crippen molar-refractivity contribution in [2.75, 3.05) is 6.61 Å². The van der Waals surface area contributed by atoms with Gasteiger partial charge in [0.15, 0.2) is 5.82 Å². The van der Waals surface area contributed by atoms with E-state index in [0.29, 0.717) is 6.61 Å². The van der Waals surface area contributed by atoms with Gasteiger partial charge in [-0.1, -0.05) is 0 Å². The Balaban J connectivity index is 1.79. The molecular weight excluding hydrogens is 290 g/mol.